The molecule has 1 aliphatic heterocycles. The summed E-state index contributed by atoms with van der Waals surface area (Å²) in [6.45, 7) is 8.48. The molecule has 3 unspecified atom stereocenters. The van der Waals surface area contributed by atoms with Crippen LogP contribution in [0.1, 0.15) is 56.5 Å². The first kappa shape index (κ1) is 18.4. The lowest BCUT2D eigenvalue weighted by Crippen LogP contribution is -2.52. The van der Waals surface area contributed by atoms with Crippen LogP contribution in [0.4, 0.5) is 4.79 Å². The normalized spacial score (nSPS) is 26.5. The lowest BCUT2D eigenvalue weighted by Gasteiger charge is -2.41. The largest absolute Gasteiger partial charge is 0.444 e. The number of nitrogens with zero attached hydrogens (tertiary/aromatic N) is 1. The van der Waals surface area contributed by atoms with Crippen LogP contribution in [0.3, 0.4) is 0 Å². The van der Waals surface area contributed by atoms with Crippen molar-refractivity contribution in [3.63, 3.8) is 0 Å². The van der Waals surface area contributed by atoms with Gasteiger partial charge in [-0.2, -0.15) is 0 Å². The van der Waals surface area contributed by atoms with E-state index in [9.17, 15) is 9.59 Å². The molecule has 1 aromatic carbocycles. The van der Waals surface area contributed by atoms with E-state index >= 15 is 0 Å². The molecular weight excluding hydrogens is 382 g/mol. The van der Waals surface area contributed by atoms with Gasteiger partial charge in [-0.3, -0.25) is 4.79 Å². The van der Waals surface area contributed by atoms with E-state index in [1.807, 2.05) is 39.0 Å². The summed E-state index contributed by atoms with van der Waals surface area (Å²) in [5.74, 6) is 0.502. The van der Waals surface area contributed by atoms with E-state index in [1.54, 1.807) is 4.90 Å². The van der Waals surface area contributed by atoms with Gasteiger partial charge < -0.3 is 9.64 Å². The molecule has 3 rings (SSSR count). The summed E-state index contributed by atoms with van der Waals surface area (Å²) in [5, 5.41) is 0. The number of hydrogen-bond donors (Lipinski definition) is 0. The van der Waals surface area contributed by atoms with Crippen LogP contribution >= 0.6 is 15.9 Å². The van der Waals surface area contributed by atoms with Crippen molar-refractivity contribution in [2.24, 2.45) is 11.8 Å². The van der Waals surface area contributed by atoms with E-state index in [0.717, 1.165) is 28.4 Å². The molecule has 1 fully saturated rings. The highest BCUT2D eigenvalue weighted by Crippen LogP contribution is 2.37. The summed E-state index contributed by atoms with van der Waals surface area (Å²) in [7, 11) is 0. The van der Waals surface area contributed by atoms with Gasteiger partial charge in [0.25, 0.3) is 0 Å². The monoisotopic (exact) mass is 407 g/mol. The van der Waals surface area contributed by atoms with Crippen molar-refractivity contribution >= 4 is 27.8 Å². The van der Waals surface area contributed by atoms with E-state index in [0.29, 0.717) is 18.9 Å². The zero-order chi connectivity index (χ0) is 18.4. The maximum atomic E-state index is 13.0. The van der Waals surface area contributed by atoms with Gasteiger partial charge in [-0.25, -0.2) is 4.79 Å². The summed E-state index contributed by atoms with van der Waals surface area (Å²) in [4.78, 5) is 27.5. The van der Waals surface area contributed by atoms with Crippen molar-refractivity contribution < 1.29 is 14.3 Å². The minimum atomic E-state index is -0.530. The van der Waals surface area contributed by atoms with Crippen molar-refractivity contribution in [2.45, 2.75) is 58.6 Å². The highest BCUT2D eigenvalue weighted by molar-refractivity contribution is 9.10. The number of Topliss-reactive ketones (excluding diaryl/α,β-unsaturated/α-hetero) is 1. The Hall–Kier alpha value is -1.36. The summed E-state index contributed by atoms with van der Waals surface area (Å²) in [6, 6.07) is 5.74. The van der Waals surface area contributed by atoms with Gasteiger partial charge in [0, 0.05) is 28.5 Å². The first-order valence-electron chi connectivity index (χ1n) is 8.98. The first-order valence-corrected chi connectivity index (χ1v) is 9.77. The molecule has 0 radical (unpaired) electrons. The predicted octanol–water partition coefficient (Wildman–Crippen LogP) is 4.84. The van der Waals surface area contributed by atoms with Gasteiger partial charge in [0.05, 0.1) is 0 Å². The number of rotatable bonds is 1. The minimum absolute atomic E-state index is 0.0859. The summed E-state index contributed by atoms with van der Waals surface area (Å²) >= 11 is 3.48. The molecule has 1 aromatic rings. The summed E-state index contributed by atoms with van der Waals surface area (Å²) in [5.41, 5.74) is 1.35. The number of fused-ring (bicyclic) bond motifs is 1. The van der Waals surface area contributed by atoms with Crippen LogP contribution in [-0.2, 0) is 11.2 Å². The molecule has 0 N–H and O–H groups in total. The Bertz CT molecular complexity index is 695. The number of ether oxygens (including phenoxy) is 1. The fraction of sp³-hybridized carbons (Fsp3) is 0.600. The van der Waals surface area contributed by atoms with Crippen LogP contribution in [-0.4, -0.2) is 35.0 Å². The molecule has 3 atom stereocenters. The Kier molecular flexibility index (Phi) is 4.97. The van der Waals surface area contributed by atoms with Crippen LogP contribution in [0.25, 0.3) is 0 Å². The molecular formula is C20H26BrNO3. The maximum absolute atomic E-state index is 13.0. The molecule has 1 saturated heterocycles. The quantitative estimate of drug-likeness (QED) is 0.668. The number of likely N-dealkylation sites (tertiary alicyclic amines) is 1. The van der Waals surface area contributed by atoms with Crippen LogP contribution < -0.4 is 0 Å². The Morgan fingerprint density at radius 1 is 1.32 bits per heavy atom. The zero-order valence-corrected chi connectivity index (χ0v) is 16.9. The number of halogens is 1. The van der Waals surface area contributed by atoms with Crippen molar-refractivity contribution in [1.82, 2.24) is 4.90 Å². The fourth-order valence-electron chi connectivity index (χ4n) is 3.92. The molecule has 4 nitrogen and oxygen atoms in total. The van der Waals surface area contributed by atoms with Gasteiger partial charge in [0.2, 0.25) is 0 Å². The molecule has 0 spiro atoms. The Morgan fingerprint density at radius 2 is 2.04 bits per heavy atom. The van der Waals surface area contributed by atoms with E-state index in [-0.39, 0.29) is 23.8 Å². The van der Waals surface area contributed by atoms with Gasteiger partial charge >= 0.3 is 6.09 Å². The van der Waals surface area contributed by atoms with Gasteiger partial charge in [-0.1, -0.05) is 28.9 Å². The number of hydrogen-bond acceptors (Lipinski definition) is 3. The van der Waals surface area contributed by atoms with Gasteiger partial charge in [-0.15, -0.1) is 0 Å². The second-order valence-electron chi connectivity index (χ2n) is 8.35. The molecule has 0 aromatic heterocycles. The molecule has 25 heavy (non-hydrogen) atoms. The van der Waals surface area contributed by atoms with Crippen LogP contribution in [0, 0.1) is 11.8 Å². The number of amides is 1. The second-order valence-corrected chi connectivity index (χ2v) is 9.26. The maximum Gasteiger partial charge on any atom is 0.410 e. The average molecular weight is 408 g/mol. The Labute approximate surface area is 158 Å². The van der Waals surface area contributed by atoms with Crippen LogP contribution in [0.15, 0.2) is 22.7 Å². The summed E-state index contributed by atoms with van der Waals surface area (Å²) < 4.78 is 6.59. The van der Waals surface area contributed by atoms with E-state index in [1.165, 1.54) is 0 Å². The van der Waals surface area contributed by atoms with E-state index < -0.39 is 5.60 Å². The minimum Gasteiger partial charge on any atom is -0.444 e. The van der Waals surface area contributed by atoms with Crippen molar-refractivity contribution in [3.05, 3.63) is 33.8 Å². The molecule has 5 heteroatoms. The molecule has 0 saturated carbocycles. The molecule has 1 heterocycles. The average Bonchev–Trinajstić information content (AvgIpc) is 2.81. The van der Waals surface area contributed by atoms with Crippen molar-refractivity contribution in [1.29, 1.82) is 0 Å². The standard InChI is InChI=1S/C20H26BrNO3/c1-12-7-8-22(19(24)25-20(2,3)4)17(9-12)16-11-13-10-14(21)5-6-15(13)18(16)23/h5-6,10,12,16-17H,7-9,11H2,1-4H3. The van der Waals surface area contributed by atoms with Gasteiger partial charge in [0.1, 0.15) is 5.60 Å². The predicted molar refractivity (Wildman–Crippen MR) is 101 cm³/mol. The number of carbonyl (C=O) groups is 2. The second kappa shape index (κ2) is 6.75. The van der Waals surface area contributed by atoms with Crippen LogP contribution in [0.2, 0.25) is 0 Å². The Morgan fingerprint density at radius 3 is 2.72 bits per heavy atom. The highest BCUT2D eigenvalue weighted by Gasteiger charge is 2.43. The molecule has 1 aliphatic carbocycles. The SMILES string of the molecule is CC1CCN(C(=O)OC(C)(C)C)C(C2Cc3cc(Br)ccc3C2=O)C1. The van der Waals surface area contributed by atoms with E-state index in [4.69, 9.17) is 4.74 Å². The van der Waals surface area contributed by atoms with Gasteiger partial charge in [0.15, 0.2) is 5.78 Å². The molecule has 1 amide bonds. The fourth-order valence-corrected chi connectivity index (χ4v) is 4.33. The smallest absolute Gasteiger partial charge is 0.410 e. The third kappa shape index (κ3) is 3.91. The van der Waals surface area contributed by atoms with Crippen molar-refractivity contribution in [3.8, 4) is 0 Å². The topological polar surface area (TPSA) is 46.6 Å². The highest BCUT2D eigenvalue weighted by atomic mass is 79.9. The lowest BCUT2D eigenvalue weighted by atomic mass is 9.83. The zero-order valence-electron chi connectivity index (χ0n) is 15.3. The Balaban J connectivity index is 1.85. The van der Waals surface area contributed by atoms with Crippen molar-refractivity contribution in [2.75, 3.05) is 6.54 Å². The third-order valence-corrected chi connectivity index (χ3v) is 5.60. The van der Waals surface area contributed by atoms with Gasteiger partial charge in [-0.05, 0) is 63.6 Å². The molecule has 136 valence electrons. The molecule has 2 aliphatic rings. The number of benzene rings is 1. The van der Waals surface area contributed by atoms with Crippen LogP contribution in [0.5, 0.6) is 0 Å². The molecule has 0 bridgehead atoms. The third-order valence-electron chi connectivity index (χ3n) is 5.11. The summed E-state index contributed by atoms with van der Waals surface area (Å²) in [6.07, 6.45) is 2.21. The first-order chi connectivity index (χ1) is 11.7. The van der Waals surface area contributed by atoms with E-state index in [2.05, 4.69) is 22.9 Å². The number of carbonyl (C=O) groups excluding carboxylic acids is 2. The number of ketones is 1. The number of piperidine rings is 1. The lowest BCUT2D eigenvalue weighted by molar-refractivity contribution is -0.00187.